The van der Waals surface area contributed by atoms with Gasteiger partial charge in [0.1, 0.15) is 0 Å². The van der Waals surface area contributed by atoms with Crippen LogP contribution >= 0.6 is 11.8 Å². The van der Waals surface area contributed by atoms with Crippen molar-refractivity contribution in [2.24, 2.45) is 0 Å². The van der Waals surface area contributed by atoms with E-state index in [2.05, 4.69) is 6.58 Å². The topological polar surface area (TPSA) is 17.1 Å². The van der Waals surface area contributed by atoms with Gasteiger partial charge in [0.25, 0.3) is 0 Å². The molecule has 28 valence electrons. The van der Waals surface area contributed by atoms with Crippen LogP contribution in [-0.2, 0) is 4.79 Å². The molecule has 1 nitrogen and oxygen atoms in total. The van der Waals surface area contributed by atoms with E-state index in [1.54, 1.807) is 0 Å². The van der Waals surface area contributed by atoms with Crippen LogP contribution in [0.15, 0.2) is 12.0 Å². The first-order valence-electron chi connectivity index (χ1n) is 1.12. The molecule has 0 aromatic carbocycles. The molecule has 0 spiro atoms. The molecule has 0 aromatic rings. The summed E-state index contributed by atoms with van der Waals surface area (Å²) in [6.07, 6.45) is 0. The summed E-state index contributed by atoms with van der Waals surface area (Å²) in [5, 5.41) is 1.48. The van der Waals surface area contributed by atoms with Crippen molar-refractivity contribution in [3.05, 3.63) is 12.0 Å². The Bertz CT molecular complexity index is 36.2. The van der Waals surface area contributed by atoms with E-state index in [0.717, 1.165) is 17.4 Å². The van der Waals surface area contributed by atoms with Crippen molar-refractivity contribution in [1.82, 2.24) is 0 Å². The Morgan fingerprint density at radius 2 is 2.40 bits per heavy atom. The predicted octanol–water partition coefficient (Wildman–Crippen LogP) is 1.05. The van der Waals surface area contributed by atoms with Crippen molar-refractivity contribution in [2.45, 2.75) is 0 Å². The van der Waals surface area contributed by atoms with Gasteiger partial charge in [0, 0.05) is 0 Å². The largest absolute Gasteiger partial charge is 0.291 e. The molecule has 0 radical (unpaired) electrons. The quantitative estimate of drug-likeness (QED) is 0.469. The van der Waals surface area contributed by atoms with Crippen molar-refractivity contribution in [3.63, 3.8) is 0 Å². The van der Waals surface area contributed by atoms with Gasteiger partial charge in [-0.05, 0) is 5.41 Å². The van der Waals surface area contributed by atoms with Gasteiger partial charge in [0.2, 0.25) is 0 Å². The molecular weight excluding hydrogens is 84.1 g/mol. The summed E-state index contributed by atoms with van der Waals surface area (Å²) in [6.45, 7) is 3.28. The molecule has 0 rings (SSSR count). The Morgan fingerprint density at radius 3 is 2.40 bits per heavy atom. The lowest BCUT2D eigenvalue weighted by atomic mass is 11.3. The molecule has 0 amide bonds. The van der Waals surface area contributed by atoms with Crippen LogP contribution in [-0.4, -0.2) is 5.62 Å². The monoisotopic (exact) mass is 88.0 g/mol. The predicted molar refractivity (Wildman–Crippen MR) is 24.5 cm³/mol. The second kappa shape index (κ2) is 3.76. The summed E-state index contributed by atoms with van der Waals surface area (Å²) in [5.74, 6) is 0. The number of thioether (sulfide) groups is 1. The molecule has 0 bridgehead atoms. The maximum Gasteiger partial charge on any atom is 0.180 e. The SMILES string of the molecule is C=CSC=O. The van der Waals surface area contributed by atoms with Gasteiger partial charge in [-0.1, -0.05) is 18.3 Å². The molecule has 0 unspecified atom stereocenters. The van der Waals surface area contributed by atoms with Crippen LogP contribution in [0, 0.1) is 0 Å². The molecule has 0 aromatic heterocycles. The molecule has 0 aliphatic heterocycles. The molecule has 5 heavy (non-hydrogen) atoms. The average Bonchev–Trinajstić information content (AvgIpc) is 1.41. The molecule has 0 fully saturated rings. The minimum atomic E-state index is 0.729. The van der Waals surface area contributed by atoms with Gasteiger partial charge in [-0.3, -0.25) is 4.79 Å². The summed E-state index contributed by atoms with van der Waals surface area (Å²) < 4.78 is 0. The van der Waals surface area contributed by atoms with Crippen molar-refractivity contribution < 1.29 is 4.79 Å². The van der Waals surface area contributed by atoms with E-state index in [-0.39, 0.29) is 0 Å². The van der Waals surface area contributed by atoms with Crippen molar-refractivity contribution in [3.8, 4) is 0 Å². The van der Waals surface area contributed by atoms with E-state index in [9.17, 15) is 4.79 Å². The van der Waals surface area contributed by atoms with E-state index in [1.165, 1.54) is 5.41 Å². The number of hydrogen-bond donors (Lipinski definition) is 0. The first kappa shape index (κ1) is 4.76. The zero-order valence-corrected chi connectivity index (χ0v) is 3.49. The van der Waals surface area contributed by atoms with Crippen LogP contribution in [0.4, 0.5) is 0 Å². The summed E-state index contributed by atoms with van der Waals surface area (Å²) in [5.41, 5.74) is 0.729. The Labute approximate surface area is 35.1 Å². The lowest BCUT2D eigenvalue weighted by Gasteiger charge is -1.59. The van der Waals surface area contributed by atoms with E-state index in [0.29, 0.717) is 0 Å². The van der Waals surface area contributed by atoms with Crippen LogP contribution < -0.4 is 0 Å². The second-order valence-electron chi connectivity index (χ2n) is 0.399. The zero-order chi connectivity index (χ0) is 4.12. The van der Waals surface area contributed by atoms with E-state index in [1.807, 2.05) is 0 Å². The van der Waals surface area contributed by atoms with Gasteiger partial charge in [0.05, 0.1) is 0 Å². The summed E-state index contributed by atoms with van der Waals surface area (Å²) in [6, 6.07) is 0. The van der Waals surface area contributed by atoms with Gasteiger partial charge >= 0.3 is 0 Å². The fraction of sp³-hybridized carbons (Fsp3) is 0. The van der Waals surface area contributed by atoms with Crippen LogP contribution in [0.2, 0.25) is 0 Å². The van der Waals surface area contributed by atoms with Gasteiger partial charge < -0.3 is 0 Å². The van der Waals surface area contributed by atoms with Crippen LogP contribution in [0.3, 0.4) is 0 Å². The smallest absolute Gasteiger partial charge is 0.180 e. The van der Waals surface area contributed by atoms with E-state index < -0.39 is 0 Å². The van der Waals surface area contributed by atoms with Crippen molar-refractivity contribution in [1.29, 1.82) is 0 Å². The molecule has 0 saturated heterocycles. The van der Waals surface area contributed by atoms with Gasteiger partial charge in [-0.25, -0.2) is 0 Å². The maximum atomic E-state index is 9.30. The summed E-state index contributed by atoms with van der Waals surface area (Å²) in [7, 11) is 0. The third-order valence-corrected chi connectivity index (χ3v) is 0.455. The van der Waals surface area contributed by atoms with Crippen LogP contribution in [0.25, 0.3) is 0 Å². The maximum absolute atomic E-state index is 9.30. The van der Waals surface area contributed by atoms with Gasteiger partial charge in [-0.15, -0.1) is 0 Å². The minimum absolute atomic E-state index is 0.729. The summed E-state index contributed by atoms with van der Waals surface area (Å²) >= 11 is 1.05. The highest BCUT2D eigenvalue weighted by atomic mass is 32.2. The number of carbonyl (C=O) groups is 1. The van der Waals surface area contributed by atoms with Crippen molar-refractivity contribution >= 4 is 17.4 Å². The van der Waals surface area contributed by atoms with Gasteiger partial charge in [-0.2, -0.15) is 0 Å². The average molecular weight is 88.1 g/mol. The molecular formula is C3H4OS. The molecule has 0 aliphatic rings. The second-order valence-corrected chi connectivity index (χ2v) is 1.20. The Balaban J connectivity index is 2.65. The summed E-state index contributed by atoms with van der Waals surface area (Å²) in [4.78, 5) is 9.30. The first-order valence-corrected chi connectivity index (χ1v) is 2.06. The molecule has 0 N–H and O–H groups in total. The standard InChI is InChI=1S/C3H4OS/c1-2-5-3-4/h2-3H,1H2. The molecule has 0 atom stereocenters. The Morgan fingerprint density at radius 1 is 1.80 bits per heavy atom. The molecule has 0 heterocycles. The highest BCUT2D eigenvalue weighted by Crippen LogP contribution is 1.88. The van der Waals surface area contributed by atoms with Gasteiger partial charge in [0.15, 0.2) is 5.62 Å². The Hall–Kier alpha value is -0.240. The molecule has 0 saturated carbocycles. The zero-order valence-electron chi connectivity index (χ0n) is 2.68. The fourth-order valence-corrected chi connectivity index (χ4v) is 0.118. The van der Waals surface area contributed by atoms with E-state index >= 15 is 0 Å². The minimum Gasteiger partial charge on any atom is -0.291 e. The Kier molecular flexibility index (Phi) is 3.58. The van der Waals surface area contributed by atoms with Crippen molar-refractivity contribution in [2.75, 3.05) is 0 Å². The highest BCUT2D eigenvalue weighted by molar-refractivity contribution is 8.14. The fourth-order valence-electron chi connectivity index (χ4n) is 0.0393. The third-order valence-electron chi connectivity index (χ3n) is 0.152. The highest BCUT2D eigenvalue weighted by Gasteiger charge is 1.58. The lowest BCUT2D eigenvalue weighted by molar-refractivity contribution is 0.570. The number of hydrogen-bond acceptors (Lipinski definition) is 2. The first-order chi connectivity index (χ1) is 2.41. The number of rotatable bonds is 2. The normalized spacial score (nSPS) is 6.40. The van der Waals surface area contributed by atoms with E-state index in [4.69, 9.17) is 0 Å². The van der Waals surface area contributed by atoms with Crippen LogP contribution in [0.1, 0.15) is 0 Å². The lowest BCUT2D eigenvalue weighted by Crippen LogP contribution is -1.43. The van der Waals surface area contributed by atoms with Crippen LogP contribution in [0.5, 0.6) is 0 Å². The third kappa shape index (κ3) is 3.76. The molecule has 0 aliphatic carbocycles. The molecule has 2 heteroatoms. The number of carbonyl (C=O) groups excluding carboxylic acids is 1.